The van der Waals surface area contributed by atoms with Gasteiger partial charge in [-0.3, -0.25) is 9.59 Å². The molecule has 128 valence electrons. The summed E-state index contributed by atoms with van der Waals surface area (Å²) < 4.78 is 1.52. The molecule has 7 heteroatoms. The first kappa shape index (κ1) is 17.0. The second kappa shape index (κ2) is 6.94. The Kier molecular flexibility index (Phi) is 4.72. The molecule has 1 amide bonds. The first-order chi connectivity index (χ1) is 12.0. The average Bonchev–Trinajstić information content (AvgIpc) is 2.98. The van der Waals surface area contributed by atoms with Gasteiger partial charge in [-0.2, -0.15) is 0 Å². The van der Waals surface area contributed by atoms with Crippen molar-refractivity contribution in [2.45, 2.75) is 20.4 Å². The zero-order chi connectivity index (χ0) is 18.0. The van der Waals surface area contributed by atoms with Crippen molar-refractivity contribution in [2.75, 3.05) is 5.32 Å². The highest BCUT2D eigenvalue weighted by atomic mass is 35.5. The number of amides is 1. The Bertz CT molecular complexity index is 991. The van der Waals surface area contributed by atoms with E-state index in [1.54, 1.807) is 31.3 Å². The Balaban J connectivity index is 1.87. The van der Waals surface area contributed by atoms with Gasteiger partial charge in [-0.15, -0.1) is 0 Å². The molecule has 0 fully saturated rings. The maximum absolute atomic E-state index is 12.5. The maximum atomic E-state index is 12.5. The zero-order valence-electron chi connectivity index (χ0n) is 13.8. The number of hydrogen-bond acceptors (Lipinski definition) is 3. The van der Waals surface area contributed by atoms with Gasteiger partial charge < -0.3 is 14.9 Å². The largest absolute Gasteiger partial charge is 0.341 e. The standard InChI is InChI=1S/C18H17ClN4O2/c1-3-23-10-14(7-8-15(23)24)21-18(25)16-11(2)20-17(22-16)12-5-4-6-13(19)9-12/h4-10H,3H2,1-2H3,(H,20,22)(H,21,25). The minimum absolute atomic E-state index is 0.111. The van der Waals surface area contributed by atoms with Crippen LogP contribution in [0.1, 0.15) is 23.1 Å². The third kappa shape index (κ3) is 3.64. The summed E-state index contributed by atoms with van der Waals surface area (Å²) in [4.78, 5) is 31.6. The van der Waals surface area contributed by atoms with Crippen LogP contribution in [0.15, 0.2) is 47.4 Å². The summed E-state index contributed by atoms with van der Waals surface area (Å²) in [7, 11) is 0. The molecule has 2 heterocycles. The minimum Gasteiger partial charge on any atom is -0.341 e. The summed E-state index contributed by atoms with van der Waals surface area (Å²) in [6.07, 6.45) is 1.61. The molecule has 0 spiro atoms. The molecule has 0 aliphatic heterocycles. The van der Waals surface area contributed by atoms with Gasteiger partial charge in [-0.25, -0.2) is 4.98 Å². The number of benzene rings is 1. The molecule has 3 aromatic rings. The number of aryl methyl sites for hydroxylation is 2. The maximum Gasteiger partial charge on any atom is 0.276 e. The number of nitrogens with zero attached hydrogens (tertiary/aromatic N) is 2. The van der Waals surface area contributed by atoms with Crippen molar-refractivity contribution in [3.63, 3.8) is 0 Å². The Morgan fingerprint density at radius 3 is 2.84 bits per heavy atom. The van der Waals surface area contributed by atoms with E-state index in [1.807, 2.05) is 19.1 Å². The van der Waals surface area contributed by atoms with E-state index >= 15 is 0 Å². The fourth-order valence-corrected chi connectivity index (χ4v) is 2.69. The monoisotopic (exact) mass is 356 g/mol. The number of imidazole rings is 1. The first-order valence-electron chi connectivity index (χ1n) is 7.82. The predicted octanol–water partition coefficient (Wildman–Crippen LogP) is 3.47. The number of aromatic nitrogens is 3. The molecule has 2 N–H and O–H groups in total. The fraction of sp³-hybridized carbons (Fsp3) is 0.167. The van der Waals surface area contributed by atoms with Gasteiger partial charge in [-0.05, 0) is 32.0 Å². The number of halogens is 1. The molecule has 0 saturated carbocycles. The van der Waals surface area contributed by atoms with Crippen LogP contribution in [0.4, 0.5) is 5.69 Å². The molecule has 0 radical (unpaired) electrons. The highest BCUT2D eigenvalue weighted by Gasteiger charge is 2.16. The van der Waals surface area contributed by atoms with E-state index in [2.05, 4.69) is 15.3 Å². The summed E-state index contributed by atoms with van der Waals surface area (Å²) >= 11 is 6.00. The highest BCUT2D eigenvalue weighted by Crippen LogP contribution is 2.22. The van der Waals surface area contributed by atoms with Crippen molar-refractivity contribution < 1.29 is 4.79 Å². The molecule has 0 aliphatic rings. The summed E-state index contributed by atoms with van der Waals surface area (Å²) in [5, 5.41) is 3.37. The van der Waals surface area contributed by atoms with Gasteiger partial charge in [0, 0.05) is 35.1 Å². The van der Waals surface area contributed by atoms with Crippen LogP contribution in [-0.4, -0.2) is 20.4 Å². The van der Waals surface area contributed by atoms with Crippen molar-refractivity contribution in [1.82, 2.24) is 14.5 Å². The van der Waals surface area contributed by atoms with E-state index in [0.717, 1.165) is 5.56 Å². The summed E-state index contributed by atoms with van der Waals surface area (Å²) in [5.74, 6) is 0.229. The van der Waals surface area contributed by atoms with Crippen molar-refractivity contribution in [3.8, 4) is 11.4 Å². The Hall–Kier alpha value is -2.86. The molecular weight excluding hydrogens is 340 g/mol. The molecule has 6 nitrogen and oxygen atoms in total. The third-order valence-electron chi connectivity index (χ3n) is 3.78. The van der Waals surface area contributed by atoms with Crippen LogP contribution >= 0.6 is 11.6 Å². The molecular formula is C18H17ClN4O2. The van der Waals surface area contributed by atoms with E-state index < -0.39 is 0 Å². The van der Waals surface area contributed by atoms with Gasteiger partial charge in [-0.1, -0.05) is 23.7 Å². The lowest BCUT2D eigenvalue weighted by atomic mass is 10.2. The highest BCUT2D eigenvalue weighted by molar-refractivity contribution is 6.30. The predicted molar refractivity (Wildman–Crippen MR) is 98.1 cm³/mol. The van der Waals surface area contributed by atoms with Gasteiger partial charge in [0.15, 0.2) is 0 Å². The van der Waals surface area contributed by atoms with Crippen molar-refractivity contribution >= 4 is 23.2 Å². The molecule has 0 atom stereocenters. The number of rotatable bonds is 4. The molecule has 25 heavy (non-hydrogen) atoms. The molecule has 0 bridgehead atoms. The van der Waals surface area contributed by atoms with E-state index in [4.69, 9.17) is 11.6 Å². The van der Waals surface area contributed by atoms with Crippen LogP contribution in [0.5, 0.6) is 0 Å². The zero-order valence-corrected chi connectivity index (χ0v) is 14.6. The fourth-order valence-electron chi connectivity index (χ4n) is 2.50. The lowest BCUT2D eigenvalue weighted by Gasteiger charge is -2.07. The molecule has 0 saturated heterocycles. The topological polar surface area (TPSA) is 79.8 Å². The molecule has 1 aromatic carbocycles. The SMILES string of the molecule is CCn1cc(NC(=O)c2nc(-c3cccc(Cl)c3)[nH]c2C)ccc1=O. The normalized spacial score (nSPS) is 10.7. The smallest absolute Gasteiger partial charge is 0.276 e. The van der Waals surface area contributed by atoms with Gasteiger partial charge in [0.25, 0.3) is 11.5 Å². The van der Waals surface area contributed by atoms with Crippen LogP contribution in [0.3, 0.4) is 0 Å². The minimum atomic E-state index is -0.344. The van der Waals surface area contributed by atoms with Crippen LogP contribution < -0.4 is 10.9 Å². The van der Waals surface area contributed by atoms with Crippen LogP contribution in [-0.2, 0) is 6.54 Å². The number of hydrogen-bond donors (Lipinski definition) is 2. The lowest BCUT2D eigenvalue weighted by Crippen LogP contribution is -2.20. The van der Waals surface area contributed by atoms with E-state index in [9.17, 15) is 9.59 Å². The van der Waals surface area contributed by atoms with Crippen LogP contribution in [0, 0.1) is 6.92 Å². The Morgan fingerprint density at radius 1 is 1.32 bits per heavy atom. The van der Waals surface area contributed by atoms with Gasteiger partial charge >= 0.3 is 0 Å². The first-order valence-corrected chi connectivity index (χ1v) is 8.20. The van der Waals surface area contributed by atoms with Crippen molar-refractivity contribution in [3.05, 3.63) is 69.4 Å². The third-order valence-corrected chi connectivity index (χ3v) is 4.01. The van der Waals surface area contributed by atoms with E-state index in [-0.39, 0.29) is 11.5 Å². The van der Waals surface area contributed by atoms with Gasteiger partial charge in [0.2, 0.25) is 0 Å². The summed E-state index contributed by atoms with van der Waals surface area (Å²) in [5.41, 5.74) is 2.17. The number of pyridine rings is 1. The second-order valence-corrected chi connectivity index (χ2v) is 6.00. The molecule has 0 aliphatic carbocycles. The number of H-pyrrole nitrogens is 1. The van der Waals surface area contributed by atoms with Crippen LogP contribution in [0.2, 0.25) is 5.02 Å². The summed E-state index contributed by atoms with van der Waals surface area (Å²) in [6, 6.07) is 10.2. The second-order valence-electron chi connectivity index (χ2n) is 5.57. The van der Waals surface area contributed by atoms with E-state index in [0.29, 0.717) is 34.5 Å². The van der Waals surface area contributed by atoms with Crippen molar-refractivity contribution in [1.29, 1.82) is 0 Å². The van der Waals surface area contributed by atoms with Crippen LogP contribution in [0.25, 0.3) is 11.4 Å². The quantitative estimate of drug-likeness (QED) is 0.751. The Labute approximate surface area is 149 Å². The molecule has 3 rings (SSSR count). The van der Waals surface area contributed by atoms with Gasteiger partial charge in [0.05, 0.1) is 5.69 Å². The van der Waals surface area contributed by atoms with Gasteiger partial charge in [0.1, 0.15) is 11.5 Å². The lowest BCUT2D eigenvalue weighted by molar-refractivity contribution is 0.102. The number of anilines is 1. The number of nitrogens with one attached hydrogen (secondary N) is 2. The van der Waals surface area contributed by atoms with E-state index in [1.165, 1.54) is 10.6 Å². The van der Waals surface area contributed by atoms with Crippen molar-refractivity contribution in [2.24, 2.45) is 0 Å². The number of carbonyl (C=O) groups excluding carboxylic acids is 1. The average molecular weight is 357 g/mol. The summed E-state index contributed by atoms with van der Waals surface area (Å²) in [6.45, 7) is 4.17. The molecule has 2 aromatic heterocycles. The Morgan fingerprint density at radius 2 is 2.12 bits per heavy atom. The number of carbonyl (C=O) groups is 1. The number of aromatic amines is 1. The molecule has 0 unspecified atom stereocenters.